The third-order valence-corrected chi connectivity index (χ3v) is 8.23. The largest absolute Gasteiger partial charge is 0.480 e. The SMILES string of the molecule is O=C(O)COC1(c2ccc(Br)nc2)CC2CC1N(C(=O)OCC1c3ccccc3-c3ccccc31)C2. The highest BCUT2D eigenvalue weighted by Gasteiger charge is 2.59. The van der Waals surface area contributed by atoms with Gasteiger partial charge >= 0.3 is 12.1 Å². The zero-order valence-electron chi connectivity index (χ0n) is 19.5. The standard InChI is InChI=1S/C28H25BrN2O5/c29-25-10-9-18(13-30-25)28(36-16-26(32)33)12-17-11-24(28)31(14-17)27(34)35-15-23-21-7-3-1-5-19(21)20-6-2-4-8-22(20)23/h1-10,13,17,23-24H,11-12,14-16H2,(H,32,33). The summed E-state index contributed by atoms with van der Waals surface area (Å²) in [4.78, 5) is 30.9. The molecule has 3 aromatic rings. The fourth-order valence-electron chi connectivity index (χ4n) is 6.32. The lowest BCUT2D eigenvalue weighted by atomic mass is 9.86. The molecule has 8 heteroatoms. The van der Waals surface area contributed by atoms with Gasteiger partial charge < -0.3 is 19.5 Å². The molecule has 6 rings (SSSR count). The molecule has 1 aromatic heterocycles. The summed E-state index contributed by atoms with van der Waals surface area (Å²) in [6.07, 6.45) is 2.68. The third-order valence-electron chi connectivity index (χ3n) is 7.76. The van der Waals surface area contributed by atoms with Crippen LogP contribution in [-0.2, 0) is 19.9 Å². The van der Waals surface area contributed by atoms with E-state index >= 15 is 0 Å². The maximum absolute atomic E-state index is 13.4. The van der Waals surface area contributed by atoms with Gasteiger partial charge in [-0.2, -0.15) is 0 Å². The Hall–Kier alpha value is -3.23. The van der Waals surface area contributed by atoms with Crippen LogP contribution in [0.15, 0.2) is 71.5 Å². The zero-order chi connectivity index (χ0) is 24.9. The van der Waals surface area contributed by atoms with E-state index in [-0.39, 0.29) is 24.5 Å². The summed E-state index contributed by atoms with van der Waals surface area (Å²) in [6, 6.07) is 19.9. The second kappa shape index (κ2) is 9.01. The number of carboxylic acids is 1. The van der Waals surface area contributed by atoms with E-state index in [2.05, 4.69) is 45.2 Å². The van der Waals surface area contributed by atoms with Crippen LogP contribution in [0.3, 0.4) is 0 Å². The molecule has 1 N–H and O–H groups in total. The number of aromatic nitrogens is 1. The first kappa shape index (κ1) is 23.2. The highest BCUT2D eigenvalue weighted by atomic mass is 79.9. The number of pyridine rings is 1. The number of hydrogen-bond acceptors (Lipinski definition) is 5. The van der Waals surface area contributed by atoms with Crippen molar-refractivity contribution in [3.63, 3.8) is 0 Å². The summed E-state index contributed by atoms with van der Waals surface area (Å²) in [6.45, 7) is 0.366. The van der Waals surface area contributed by atoms with Crippen LogP contribution in [0.2, 0.25) is 0 Å². The van der Waals surface area contributed by atoms with E-state index in [1.54, 1.807) is 11.1 Å². The highest BCUT2D eigenvalue weighted by Crippen LogP contribution is 2.53. The normalized spacial score (nSPS) is 24.0. The van der Waals surface area contributed by atoms with Crippen LogP contribution < -0.4 is 0 Å². The molecule has 2 heterocycles. The van der Waals surface area contributed by atoms with Gasteiger partial charge in [-0.3, -0.25) is 0 Å². The van der Waals surface area contributed by atoms with E-state index in [4.69, 9.17) is 9.47 Å². The Balaban J connectivity index is 1.24. The van der Waals surface area contributed by atoms with Gasteiger partial charge in [0.15, 0.2) is 0 Å². The predicted molar refractivity (Wildman–Crippen MR) is 135 cm³/mol. The summed E-state index contributed by atoms with van der Waals surface area (Å²) < 4.78 is 12.7. The maximum atomic E-state index is 13.4. The van der Waals surface area contributed by atoms with Crippen molar-refractivity contribution in [1.82, 2.24) is 9.88 Å². The minimum atomic E-state index is -1.05. The van der Waals surface area contributed by atoms with Gasteiger partial charge in [0.05, 0.1) is 6.04 Å². The van der Waals surface area contributed by atoms with Crippen LogP contribution in [0.1, 0.15) is 35.4 Å². The number of fused-ring (bicyclic) bond motifs is 5. The van der Waals surface area contributed by atoms with Gasteiger partial charge in [0.1, 0.15) is 23.4 Å². The van der Waals surface area contributed by atoms with Gasteiger partial charge in [0, 0.05) is 24.2 Å². The Morgan fingerprint density at radius 3 is 2.36 bits per heavy atom. The van der Waals surface area contributed by atoms with Gasteiger partial charge in [-0.15, -0.1) is 0 Å². The molecule has 36 heavy (non-hydrogen) atoms. The van der Waals surface area contributed by atoms with Crippen LogP contribution in [-0.4, -0.2) is 52.9 Å². The van der Waals surface area contributed by atoms with Gasteiger partial charge in [-0.25, -0.2) is 14.6 Å². The number of likely N-dealkylation sites (tertiary alicyclic amines) is 1. The van der Waals surface area contributed by atoms with Crippen LogP contribution in [0.4, 0.5) is 4.79 Å². The predicted octanol–water partition coefficient (Wildman–Crippen LogP) is 5.18. The first-order chi connectivity index (χ1) is 17.5. The van der Waals surface area contributed by atoms with E-state index in [1.165, 1.54) is 11.1 Å². The molecule has 1 aliphatic heterocycles. The first-order valence-corrected chi connectivity index (χ1v) is 12.8. The molecular weight excluding hydrogens is 524 g/mol. The highest BCUT2D eigenvalue weighted by molar-refractivity contribution is 9.10. The van der Waals surface area contributed by atoms with Crippen molar-refractivity contribution in [2.45, 2.75) is 30.4 Å². The molecule has 1 saturated heterocycles. The van der Waals surface area contributed by atoms with E-state index in [1.807, 2.05) is 36.4 Å². The maximum Gasteiger partial charge on any atom is 0.410 e. The number of amides is 1. The lowest BCUT2D eigenvalue weighted by molar-refractivity contribution is -0.157. The molecule has 2 aliphatic carbocycles. The fraction of sp³-hybridized carbons (Fsp3) is 0.321. The molecule has 1 saturated carbocycles. The van der Waals surface area contributed by atoms with E-state index < -0.39 is 24.3 Å². The molecule has 0 radical (unpaired) electrons. The molecule has 3 atom stereocenters. The lowest BCUT2D eigenvalue weighted by Gasteiger charge is -2.42. The smallest absolute Gasteiger partial charge is 0.410 e. The number of carbonyl (C=O) groups is 2. The number of carbonyl (C=O) groups excluding carboxylic acids is 1. The molecule has 7 nitrogen and oxygen atoms in total. The minimum Gasteiger partial charge on any atom is -0.480 e. The van der Waals surface area contributed by atoms with Crippen molar-refractivity contribution in [1.29, 1.82) is 0 Å². The molecule has 2 aromatic carbocycles. The van der Waals surface area contributed by atoms with E-state index in [0.29, 0.717) is 17.6 Å². The van der Waals surface area contributed by atoms with Crippen LogP contribution >= 0.6 is 15.9 Å². The van der Waals surface area contributed by atoms with Crippen LogP contribution in [0, 0.1) is 5.92 Å². The number of halogens is 1. The monoisotopic (exact) mass is 548 g/mol. The summed E-state index contributed by atoms with van der Waals surface area (Å²) in [5.41, 5.74) is 4.52. The van der Waals surface area contributed by atoms with E-state index in [9.17, 15) is 14.7 Å². The molecular formula is C28H25BrN2O5. The fourth-order valence-corrected chi connectivity index (χ4v) is 6.56. The molecule has 1 amide bonds. The molecule has 2 bridgehead atoms. The summed E-state index contributed by atoms with van der Waals surface area (Å²) in [5.74, 6) is -0.868. The van der Waals surface area contributed by atoms with Crippen molar-refractivity contribution in [3.05, 3.63) is 88.2 Å². The summed E-state index contributed by atoms with van der Waals surface area (Å²) in [7, 11) is 0. The lowest BCUT2D eigenvalue weighted by Crippen LogP contribution is -2.53. The number of benzene rings is 2. The Morgan fingerprint density at radius 2 is 1.75 bits per heavy atom. The molecule has 3 unspecified atom stereocenters. The van der Waals surface area contributed by atoms with Gasteiger partial charge in [0.2, 0.25) is 0 Å². The van der Waals surface area contributed by atoms with Crippen LogP contribution in [0.25, 0.3) is 11.1 Å². The van der Waals surface area contributed by atoms with Crippen molar-refractivity contribution in [3.8, 4) is 11.1 Å². The number of aliphatic carboxylic acids is 1. The van der Waals surface area contributed by atoms with Crippen molar-refractivity contribution >= 4 is 28.0 Å². The quantitative estimate of drug-likeness (QED) is 0.426. The van der Waals surface area contributed by atoms with Crippen LogP contribution in [0.5, 0.6) is 0 Å². The van der Waals surface area contributed by atoms with Crippen molar-refractivity contribution < 1.29 is 24.2 Å². The molecule has 2 fully saturated rings. The van der Waals surface area contributed by atoms with Crippen molar-refractivity contribution in [2.24, 2.45) is 5.92 Å². The summed E-state index contributed by atoms with van der Waals surface area (Å²) >= 11 is 3.36. The van der Waals surface area contributed by atoms with Gasteiger partial charge in [-0.1, -0.05) is 54.6 Å². The Kier molecular flexibility index (Phi) is 5.80. The first-order valence-electron chi connectivity index (χ1n) is 12.1. The summed E-state index contributed by atoms with van der Waals surface area (Å²) in [5, 5.41) is 9.34. The molecule has 3 aliphatic rings. The number of piperidine rings is 1. The number of ether oxygens (including phenoxy) is 2. The number of nitrogens with zero attached hydrogens (tertiary/aromatic N) is 2. The van der Waals surface area contributed by atoms with Crippen molar-refractivity contribution in [2.75, 3.05) is 19.8 Å². The average molecular weight is 549 g/mol. The Labute approximate surface area is 217 Å². The number of rotatable bonds is 6. The number of hydrogen-bond donors (Lipinski definition) is 1. The zero-order valence-corrected chi connectivity index (χ0v) is 21.1. The molecule has 184 valence electrons. The van der Waals surface area contributed by atoms with Gasteiger partial charge in [0.25, 0.3) is 0 Å². The topological polar surface area (TPSA) is 89.0 Å². The third kappa shape index (κ3) is 3.79. The Morgan fingerprint density at radius 1 is 1.06 bits per heavy atom. The van der Waals surface area contributed by atoms with Gasteiger partial charge in [-0.05, 0) is 63.0 Å². The second-order valence-corrected chi connectivity index (χ2v) is 10.5. The minimum absolute atomic E-state index is 0.0233. The Bertz CT molecular complexity index is 1280. The molecule has 0 spiro atoms. The number of carboxylic acid groups (broad SMARTS) is 1. The second-order valence-electron chi connectivity index (χ2n) is 9.72. The average Bonchev–Trinajstić information content (AvgIpc) is 3.57. The van der Waals surface area contributed by atoms with E-state index in [0.717, 1.165) is 23.1 Å².